The summed E-state index contributed by atoms with van der Waals surface area (Å²) in [6.45, 7) is 11.7. The van der Waals surface area contributed by atoms with Crippen LogP contribution in [-0.2, 0) is 11.3 Å². The summed E-state index contributed by atoms with van der Waals surface area (Å²) in [7, 11) is 0. The number of nitrogens with zero attached hydrogens (tertiary/aromatic N) is 3. The van der Waals surface area contributed by atoms with Crippen molar-refractivity contribution in [2.24, 2.45) is 0 Å². The maximum absolute atomic E-state index is 13.2. The molecular weight excluding hydrogens is 518 g/mol. The molecule has 1 fully saturated rings. The Labute approximate surface area is 242 Å². The van der Waals surface area contributed by atoms with E-state index in [9.17, 15) is 14.7 Å². The quantitative estimate of drug-likeness (QED) is 0.341. The number of carbonyl (C=O) groups excluding carboxylic acids is 1. The smallest absolute Gasteiger partial charge is 0.341 e. The van der Waals surface area contributed by atoms with Gasteiger partial charge in [0.05, 0.1) is 6.04 Å². The largest absolute Gasteiger partial charge is 0.508 e. The number of carbonyl (C=O) groups is 2. The molecule has 3 aromatic rings. The van der Waals surface area contributed by atoms with Gasteiger partial charge in [0.25, 0.3) is 5.91 Å². The zero-order valence-electron chi connectivity index (χ0n) is 24.4. The fourth-order valence-electron chi connectivity index (χ4n) is 5.72. The van der Waals surface area contributed by atoms with Crippen LogP contribution in [0.3, 0.4) is 0 Å². The fraction of sp³-hybridized carbons (Fsp3) is 0.394. The van der Waals surface area contributed by atoms with Crippen LogP contribution in [0.4, 0.5) is 0 Å². The van der Waals surface area contributed by atoms with Crippen molar-refractivity contribution in [2.45, 2.75) is 52.4 Å². The highest BCUT2D eigenvalue weighted by molar-refractivity contribution is 5.94. The van der Waals surface area contributed by atoms with Crippen LogP contribution >= 0.6 is 0 Å². The Kier molecular flexibility index (Phi) is 10.0. The number of phenolic OH excluding ortho intramolecular Hbond substituents is 1. The van der Waals surface area contributed by atoms with Gasteiger partial charge in [0.2, 0.25) is 0 Å². The summed E-state index contributed by atoms with van der Waals surface area (Å²) in [6, 6.07) is 23.1. The molecule has 0 unspecified atom stereocenters. The van der Waals surface area contributed by atoms with Crippen LogP contribution in [-0.4, -0.2) is 81.7 Å². The maximum Gasteiger partial charge on any atom is 0.341 e. The first-order valence-corrected chi connectivity index (χ1v) is 14.3. The van der Waals surface area contributed by atoms with Gasteiger partial charge >= 0.3 is 5.97 Å². The van der Waals surface area contributed by atoms with Gasteiger partial charge in [-0.05, 0) is 80.8 Å². The summed E-state index contributed by atoms with van der Waals surface area (Å²) in [5.41, 5.74) is 3.73. The van der Waals surface area contributed by atoms with E-state index in [0.717, 1.165) is 29.8 Å². The van der Waals surface area contributed by atoms with Gasteiger partial charge in [-0.3, -0.25) is 14.6 Å². The summed E-state index contributed by atoms with van der Waals surface area (Å²) >= 11 is 0. The van der Waals surface area contributed by atoms with E-state index in [4.69, 9.17) is 9.84 Å². The van der Waals surface area contributed by atoms with E-state index in [0.29, 0.717) is 30.9 Å². The average Bonchev–Trinajstić information content (AvgIpc) is 2.95. The van der Waals surface area contributed by atoms with Crippen molar-refractivity contribution in [3.8, 4) is 11.5 Å². The lowest BCUT2D eigenvalue weighted by Gasteiger charge is -2.47. The molecule has 8 heteroatoms. The molecule has 8 nitrogen and oxygen atoms in total. The summed E-state index contributed by atoms with van der Waals surface area (Å²) in [4.78, 5) is 30.8. The summed E-state index contributed by atoms with van der Waals surface area (Å²) in [6.07, 6.45) is 0. The lowest BCUT2D eigenvalue weighted by atomic mass is 9.92. The topological polar surface area (TPSA) is 93.6 Å². The number of amides is 1. The van der Waals surface area contributed by atoms with Crippen molar-refractivity contribution in [3.63, 3.8) is 0 Å². The van der Waals surface area contributed by atoms with Crippen molar-refractivity contribution < 1.29 is 24.5 Å². The van der Waals surface area contributed by atoms with Gasteiger partial charge in [0.1, 0.15) is 11.5 Å². The van der Waals surface area contributed by atoms with Crippen molar-refractivity contribution in [1.29, 1.82) is 0 Å². The predicted octanol–water partition coefficient (Wildman–Crippen LogP) is 5.02. The molecule has 1 aliphatic heterocycles. The normalized spacial score (nSPS) is 18.5. The predicted molar refractivity (Wildman–Crippen MR) is 159 cm³/mol. The average molecular weight is 560 g/mol. The molecule has 0 radical (unpaired) electrons. The third kappa shape index (κ3) is 7.45. The van der Waals surface area contributed by atoms with Crippen LogP contribution in [0.2, 0.25) is 0 Å². The molecule has 0 aliphatic carbocycles. The molecule has 2 N–H and O–H groups in total. The second-order valence-electron chi connectivity index (χ2n) is 10.8. The van der Waals surface area contributed by atoms with Gasteiger partial charge in [-0.2, -0.15) is 0 Å². The Morgan fingerprint density at radius 3 is 2.29 bits per heavy atom. The number of rotatable bonds is 11. The third-order valence-electron chi connectivity index (χ3n) is 7.83. The molecule has 1 amide bonds. The van der Waals surface area contributed by atoms with Gasteiger partial charge in [-0.25, -0.2) is 4.79 Å². The Hall–Kier alpha value is -3.88. The Bertz CT molecular complexity index is 1340. The highest BCUT2D eigenvalue weighted by Gasteiger charge is 2.35. The summed E-state index contributed by atoms with van der Waals surface area (Å²) in [5.74, 6) is -0.218. The van der Waals surface area contributed by atoms with E-state index in [1.54, 1.807) is 12.1 Å². The molecule has 1 aliphatic rings. The van der Waals surface area contributed by atoms with E-state index in [-0.39, 0.29) is 36.4 Å². The van der Waals surface area contributed by atoms with Gasteiger partial charge in [0, 0.05) is 50.4 Å². The second-order valence-corrected chi connectivity index (χ2v) is 10.8. The molecule has 3 aromatic carbocycles. The molecule has 218 valence electrons. The second kappa shape index (κ2) is 13.7. The van der Waals surface area contributed by atoms with Crippen LogP contribution in [0.1, 0.15) is 60.8 Å². The number of carboxylic acid groups (broad SMARTS) is 1. The number of piperazine rings is 1. The third-order valence-corrected chi connectivity index (χ3v) is 7.83. The molecular formula is C33H41N3O5. The van der Waals surface area contributed by atoms with Crippen LogP contribution < -0.4 is 4.74 Å². The van der Waals surface area contributed by atoms with Gasteiger partial charge in [0.15, 0.2) is 6.61 Å². The van der Waals surface area contributed by atoms with E-state index < -0.39 is 5.97 Å². The molecule has 41 heavy (non-hydrogen) atoms. The number of aliphatic carboxylic acids is 1. The van der Waals surface area contributed by atoms with Crippen LogP contribution in [0.5, 0.6) is 11.5 Å². The number of phenols is 1. The minimum absolute atomic E-state index is 0.0207. The van der Waals surface area contributed by atoms with Crippen molar-refractivity contribution in [2.75, 3.05) is 32.8 Å². The van der Waals surface area contributed by atoms with Gasteiger partial charge in [-0.15, -0.1) is 0 Å². The number of hydrogen-bond acceptors (Lipinski definition) is 6. The van der Waals surface area contributed by atoms with E-state index in [1.807, 2.05) is 73.3 Å². The molecule has 0 spiro atoms. The zero-order valence-corrected chi connectivity index (χ0v) is 24.4. The van der Waals surface area contributed by atoms with Crippen LogP contribution in [0.25, 0.3) is 0 Å². The van der Waals surface area contributed by atoms with Crippen molar-refractivity contribution in [3.05, 3.63) is 95.1 Å². The Morgan fingerprint density at radius 2 is 1.61 bits per heavy atom. The lowest BCUT2D eigenvalue weighted by Crippen LogP contribution is -2.56. The monoisotopic (exact) mass is 559 g/mol. The van der Waals surface area contributed by atoms with Gasteiger partial charge < -0.3 is 19.8 Å². The molecule has 4 rings (SSSR count). The minimum atomic E-state index is -1.00. The van der Waals surface area contributed by atoms with Crippen LogP contribution in [0, 0.1) is 0 Å². The van der Waals surface area contributed by atoms with Gasteiger partial charge in [-0.1, -0.05) is 36.4 Å². The molecule has 0 aromatic heterocycles. The van der Waals surface area contributed by atoms with Crippen LogP contribution in [0.15, 0.2) is 72.8 Å². The van der Waals surface area contributed by atoms with E-state index in [2.05, 4.69) is 29.7 Å². The number of benzene rings is 3. The summed E-state index contributed by atoms with van der Waals surface area (Å²) in [5, 5.41) is 19.3. The summed E-state index contributed by atoms with van der Waals surface area (Å²) < 4.78 is 5.38. The highest BCUT2D eigenvalue weighted by atomic mass is 16.5. The molecule has 0 bridgehead atoms. The zero-order chi connectivity index (χ0) is 29.5. The fourth-order valence-corrected chi connectivity index (χ4v) is 5.72. The number of carboxylic acids is 1. The number of hydrogen-bond donors (Lipinski definition) is 2. The molecule has 0 saturated carbocycles. The minimum Gasteiger partial charge on any atom is -0.508 e. The van der Waals surface area contributed by atoms with E-state index in [1.165, 1.54) is 0 Å². The maximum atomic E-state index is 13.2. The molecule has 1 saturated heterocycles. The first-order valence-electron chi connectivity index (χ1n) is 14.3. The lowest BCUT2D eigenvalue weighted by molar-refractivity contribution is -0.139. The number of aromatic hydroxyl groups is 1. The number of ether oxygens (including phenoxy) is 1. The first-order chi connectivity index (χ1) is 19.7. The molecule has 3 atom stereocenters. The Morgan fingerprint density at radius 1 is 0.927 bits per heavy atom. The standard InChI is InChI=1S/C33H41N3O5/c1-5-34(6-2)33(40)28-13-8-11-26(17-28)32(27-12-9-14-29(37)18-27)36-20-23(3)35(19-24(36)4)21-25-10-7-15-30(16-25)41-22-31(38)39/h7-18,23-24,32,37H,5-6,19-22H2,1-4H3,(H,38,39)/t23-,24+,32+/m1/s1. The first kappa shape index (κ1) is 30.1. The van der Waals surface area contributed by atoms with Crippen molar-refractivity contribution in [1.82, 2.24) is 14.7 Å². The SMILES string of the molecule is CCN(CC)C(=O)c1cccc([C@@H](c2cccc(O)c2)N2C[C@@H](C)N(Cc3cccc(OCC(=O)O)c3)C[C@@H]2C)c1. The molecule has 1 heterocycles. The Balaban J connectivity index is 1.60. The highest BCUT2D eigenvalue weighted by Crippen LogP contribution is 2.35. The van der Waals surface area contributed by atoms with Crippen molar-refractivity contribution >= 4 is 11.9 Å². The van der Waals surface area contributed by atoms with E-state index >= 15 is 0 Å².